The van der Waals surface area contributed by atoms with Crippen LogP contribution < -0.4 is 10.9 Å². The molecule has 3 N–H and O–H groups in total. The van der Waals surface area contributed by atoms with Crippen molar-refractivity contribution >= 4 is 23.4 Å². The number of aromatic amines is 1. The summed E-state index contributed by atoms with van der Waals surface area (Å²) in [6, 6.07) is 6.23. The summed E-state index contributed by atoms with van der Waals surface area (Å²) in [4.78, 5) is 25.0. The summed E-state index contributed by atoms with van der Waals surface area (Å²) in [6.07, 6.45) is 1.05. The predicted octanol–water partition coefficient (Wildman–Crippen LogP) is 0.601. The Labute approximate surface area is 112 Å². The molecule has 98 valence electrons. The Balaban J connectivity index is 1.90. The van der Waals surface area contributed by atoms with E-state index in [1.54, 1.807) is 12.1 Å². The Morgan fingerprint density at radius 1 is 1.47 bits per heavy atom. The van der Waals surface area contributed by atoms with Gasteiger partial charge in [-0.3, -0.25) is 14.6 Å². The lowest BCUT2D eigenvalue weighted by Gasteiger charge is -2.04. The number of thioether (sulfide) groups is 1. The van der Waals surface area contributed by atoms with Gasteiger partial charge in [-0.25, -0.2) is 0 Å². The zero-order chi connectivity index (χ0) is 13.7. The Morgan fingerprint density at radius 3 is 3.05 bits per heavy atom. The van der Waals surface area contributed by atoms with Crippen molar-refractivity contribution in [2.75, 3.05) is 11.1 Å². The molecule has 1 amide bonds. The van der Waals surface area contributed by atoms with Crippen LogP contribution >= 0.6 is 11.8 Å². The van der Waals surface area contributed by atoms with Crippen LogP contribution in [-0.2, 0) is 4.79 Å². The Kier molecular flexibility index (Phi) is 4.14. The number of nitrogens with zero attached hydrogens (tertiary/aromatic N) is 2. The monoisotopic (exact) mass is 278 g/mol. The highest BCUT2D eigenvalue weighted by molar-refractivity contribution is 7.99. The molecule has 0 aliphatic rings. The molecule has 1 aromatic carbocycles. The third-order valence-electron chi connectivity index (χ3n) is 2.02. The number of hydrogen-bond acceptors (Lipinski definition) is 6. The highest BCUT2D eigenvalue weighted by Gasteiger charge is 2.05. The van der Waals surface area contributed by atoms with Crippen LogP contribution in [0.1, 0.15) is 0 Å². The predicted molar refractivity (Wildman–Crippen MR) is 70.1 cm³/mol. The van der Waals surface area contributed by atoms with Crippen molar-refractivity contribution in [2.45, 2.75) is 5.16 Å². The highest BCUT2D eigenvalue weighted by atomic mass is 32.2. The molecule has 0 saturated heterocycles. The van der Waals surface area contributed by atoms with Gasteiger partial charge in [0.15, 0.2) is 5.16 Å². The first-order valence-corrected chi connectivity index (χ1v) is 6.26. The van der Waals surface area contributed by atoms with E-state index >= 15 is 0 Å². The van der Waals surface area contributed by atoms with Gasteiger partial charge in [0, 0.05) is 11.8 Å². The van der Waals surface area contributed by atoms with Crippen molar-refractivity contribution in [3.8, 4) is 5.75 Å². The second-order valence-electron chi connectivity index (χ2n) is 3.53. The lowest BCUT2D eigenvalue weighted by molar-refractivity contribution is -0.113. The molecule has 1 heterocycles. The normalized spacial score (nSPS) is 10.1. The molecular weight excluding hydrogens is 268 g/mol. The van der Waals surface area contributed by atoms with Crippen LogP contribution in [0.4, 0.5) is 5.69 Å². The molecule has 1 aromatic heterocycles. The Morgan fingerprint density at radius 2 is 2.32 bits per heavy atom. The molecule has 0 atom stereocenters. The summed E-state index contributed by atoms with van der Waals surface area (Å²) in [6.45, 7) is 0. The summed E-state index contributed by atoms with van der Waals surface area (Å²) in [5.41, 5.74) is 0.129. The van der Waals surface area contributed by atoms with Crippen LogP contribution in [0.5, 0.6) is 5.75 Å². The maximum atomic E-state index is 11.6. The van der Waals surface area contributed by atoms with Gasteiger partial charge in [0.05, 0.1) is 5.75 Å². The van der Waals surface area contributed by atoms with Crippen LogP contribution in [0.25, 0.3) is 0 Å². The standard InChI is InChI=1S/C11H10N4O3S/c16-8-3-1-2-7(4-8)13-10(18)6-19-11-14-9(17)5-12-15-11/h1-5,16H,6H2,(H,13,18)(H,14,15,17). The zero-order valence-electron chi connectivity index (χ0n) is 9.66. The van der Waals surface area contributed by atoms with E-state index in [1.165, 1.54) is 12.1 Å². The van der Waals surface area contributed by atoms with Crippen LogP contribution in [0.3, 0.4) is 0 Å². The molecule has 0 spiro atoms. The van der Waals surface area contributed by atoms with Gasteiger partial charge in [-0.1, -0.05) is 17.8 Å². The first-order valence-electron chi connectivity index (χ1n) is 5.27. The van der Waals surface area contributed by atoms with E-state index in [0.717, 1.165) is 18.0 Å². The van der Waals surface area contributed by atoms with Gasteiger partial charge >= 0.3 is 0 Å². The Bertz CT molecular complexity index is 644. The third kappa shape index (κ3) is 4.11. The SMILES string of the molecule is O=C(CSc1nncc(=O)[nH]1)Nc1cccc(O)c1. The van der Waals surface area contributed by atoms with Crippen LogP contribution in [0, 0.1) is 0 Å². The van der Waals surface area contributed by atoms with Crippen molar-refractivity contribution in [3.05, 3.63) is 40.8 Å². The fourth-order valence-corrected chi connectivity index (χ4v) is 1.89. The number of anilines is 1. The third-order valence-corrected chi connectivity index (χ3v) is 2.89. The molecule has 2 aromatic rings. The van der Waals surface area contributed by atoms with Gasteiger partial charge < -0.3 is 10.4 Å². The average Bonchev–Trinajstić information content (AvgIpc) is 2.36. The second kappa shape index (κ2) is 6.01. The maximum Gasteiger partial charge on any atom is 0.270 e. The average molecular weight is 278 g/mol. The van der Waals surface area contributed by atoms with Gasteiger partial charge in [-0.2, -0.15) is 5.10 Å². The lowest BCUT2D eigenvalue weighted by atomic mass is 10.3. The number of benzene rings is 1. The van der Waals surface area contributed by atoms with E-state index in [-0.39, 0.29) is 28.1 Å². The minimum atomic E-state index is -0.370. The van der Waals surface area contributed by atoms with E-state index in [9.17, 15) is 14.7 Å². The summed E-state index contributed by atoms with van der Waals surface area (Å²) in [5, 5.41) is 19.3. The first kappa shape index (κ1) is 13.1. The molecule has 0 unspecified atom stereocenters. The van der Waals surface area contributed by atoms with Crippen molar-refractivity contribution in [2.24, 2.45) is 0 Å². The summed E-state index contributed by atoms with van der Waals surface area (Å²) >= 11 is 1.06. The second-order valence-corrected chi connectivity index (χ2v) is 4.49. The van der Waals surface area contributed by atoms with E-state index in [1.807, 2.05) is 0 Å². The van der Waals surface area contributed by atoms with E-state index in [0.29, 0.717) is 5.69 Å². The number of nitrogens with one attached hydrogen (secondary N) is 2. The molecule has 0 aliphatic heterocycles. The van der Waals surface area contributed by atoms with Crippen molar-refractivity contribution in [3.63, 3.8) is 0 Å². The van der Waals surface area contributed by atoms with Gasteiger partial charge in [-0.05, 0) is 12.1 Å². The van der Waals surface area contributed by atoms with E-state index < -0.39 is 0 Å². The number of amides is 1. The number of aromatic hydroxyl groups is 1. The summed E-state index contributed by atoms with van der Waals surface area (Å²) < 4.78 is 0. The fraction of sp³-hybridized carbons (Fsp3) is 0.0909. The number of aromatic nitrogens is 3. The number of phenols is 1. The molecule has 0 saturated carbocycles. The minimum Gasteiger partial charge on any atom is -0.508 e. The molecule has 19 heavy (non-hydrogen) atoms. The molecule has 7 nitrogen and oxygen atoms in total. The largest absolute Gasteiger partial charge is 0.508 e. The van der Waals surface area contributed by atoms with Crippen LogP contribution in [0.2, 0.25) is 0 Å². The first-order chi connectivity index (χ1) is 9.13. The van der Waals surface area contributed by atoms with Gasteiger partial charge in [0.1, 0.15) is 11.9 Å². The number of rotatable bonds is 4. The number of carbonyl (C=O) groups is 1. The van der Waals surface area contributed by atoms with Gasteiger partial charge in [-0.15, -0.1) is 5.10 Å². The van der Waals surface area contributed by atoms with Crippen LogP contribution in [0.15, 0.2) is 40.4 Å². The smallest absolute Gasteiger partial charge is 0.270 e. The van der Waals surface area contributed by atoms with Gasteiger partial charge in [0.2, 0.25) is 5.91 Å². The quantitative estimate of drug-likeness (QED) is 0.707. The van der Waals surface area contributed by atoms with Crippen molar-refractivity contribution in [1.29, 1.82) is 0 Å². The number of phenolic OH excluding ortho intramolecular Hbond substituents is 1. The number of H-pyrrole nitrogens is 1. The van der Waals surface area contributed by atoms with E-state index in [2.05, 4.69) is 20.5 Å². The minimum absolute atomic E-state index is 0.0729. The van der Waals surface area contributed by atoms with Crippen molar-refractivity contribution in [1.82, 2.24) is 15.2 Å². The summed E-state index contributed by atoms with van der Waals surface area (Å²) in [7, 11) is 0. The summed E-state index contributed by atoms with van der Waals surface area (Å²) in [5.74, 6) is -0.129. The molecule has 0 bridgehead atoms. The molecule has 8 heteroatoms. The van der Waals surface area contributed by atoms with E-state index in [4.69, 9.17) is 0 Å². The fourth-order valence-electron chi connectivity index (χ4n) is 1.28. The Hall–Kier alpha value is -2.35. The van der Waals surface area contributed by atoms with Crippen molar-refractivity contribution < 1.29 is 9.90 Å². The number of hydrogen-bond donors (Lipinski definition) is 3. The molecule has 0 aliphatic carbocycles. The topological polar surface area (TPSA) is 108 Å². The lowest BCUT2D eigenvalue weighted by Crippen LogP contribution is -2.15. The zero-order valence-corrected chi connectivity index (χ0v) is 10.5. The highest BCUT2D eigenvalue weighted by Crippen LogP contribution is 2.16. The van der Waals surface area contributed by atoms with Gasteiger partial charge in [0.25, 0.3) is 5.56 Å². The number of carbonyl (C=O) groups excluding carboxylic acids is 1. The molecular formula is C11H10N4O3S. The molecule has 2 rings (SSSR count). The molecule has 0 radical (unpaired) electrons. The maximum absolute atomic E-state index is 11.6. The van der Waals surface area contributed by atoms with Crippen LogP contribution in [-0.4, -0.2) is 31.9 Å². The molecule has 0 fully saturated rings.